The van der Waals surface area contributed by atoms with E-state index in [1.807, 2.05) is 12.1 Å². The molecule has 0 saturated heterocycles. The van der Waals surface area contributed by atoms with E-state index in [4.69, 9.17) is 9.26 Å². The van der Waals surface area contributed by atoms with Gasteiger partial charge in [-0.05, 0) is 26.0 Å². The van der Waals surface area contributed by atoms with Gasteiger partial charge in [-0.25, -0.2) is 20.0 Å². The molecule has 3 aromatic heterocycles. The second kappa shape index (κ2) is 11.2. The molecular weight excluding hydrogens is 563 g/mol. The quantitative estimate of drug-likeness (QED) is 0.185. The van der Waals surface area contributed by atoms with Crippen molar-refractivity contribution in [1.29, 1.82) is 0 Å². The molecule has 13 heteroatoms. The second-order valence-electron chi connectivity index (χ2n) is 8.49. The molecule has 1 unspecified atom stereocenters. The van der Waals surface area contributed by atoms with Gasteiger partial charge in [-0.3, -0.25) is 10.00 Å². The lowest BCUT2D eigenvalue weighted by Crippen LogP contribution is -2.44. The highest BCUT2D eigenvalue weighted by atomic mass is 127. The molecule has 2 aliphatic rings. The van der Waals surface area contributed by atoms with Gasteiger partial charge in [0, 0.05) is 36.5 Å². The third kappa shape index (κ3) is 6.61. The molecule has 3 N–H and O–H groups in total. The zero-order chi connectivity index (χ0) is 24.0. The molecule has 0 bridgehead atoms. The molecule has 12 nitrogen and oxygen atoms in total. The molecule has 5 rings (SSSR count). The number of likely N-dealkylation sites (N-methyl/N-ethyl adjacent to an activating group) is 1. The van der Waals surface area contributed by atoms with Crippen molar-refractivity contribution < 1.29 is 9.26 Å². The number of guanidine groups is 1. The summed E-state index contributed by atoms with van der Waals surface area (Å²) >= 11 is 2.33. The Morgan fingerprint density at radius 3 is 3.03 bits per heavy atom. The predicted octanol–water partition coefficient (Wildman–Crippen LogP) is 2.76. The number of aromatic amines is 1. The van der Waals surface area contributed by atoms with Crippen LogP contribution in [0.4, 0.5) is 5.82 Å². The summed E-state index contributed by atoms with van der Waals surface area (Å²) in [6.07, 6.45) is 5.88. The van der Waals surface area contributed by atoms with E-state index in [-0.39, 0.29) is 12.8 Å². The van der Waals surface area contributed by atoms with E-state index < -0.39 is 0 Å². The Balaban J connectivity index is 1.27. The lowest BCUT2D eigenvalue weighted by molar-refractivity contribution is 0.0377. The Morgan fingerprint density at radius 1 is 1.31 bits per heavy atom. The van der Waals surface area contributed by atoms with Gasteiger partial charge in [0.15, 0.2) is 11.6 Å². The highest BCUT2D eigenvalue weighted by Crippen LogP contribution is 2.39. The van der Waals surface area contributed by atoms with Crippen LogP contribution < -0.4 is 10.6 Å². The number of nitrogens with zero attached hydrogens (tertiary/aromatic N) is 7. The van der Waals surface area contributed by atoms with Gasteiger partial charge >= 0.3 is 0 Å². The van der Waals surface area contributed by atoms with Crippen molar-refractivity contribution in [3.8, 4) is 11.4 Å². The van der Waals surface area contributed by atoms with Crippen LogP contribution in [0.1, 0.15) is 36.6 Å². The van der Waals surface area contributed by atoms with Gasteiger partial charge in [-0.1, -0.05) is 27.7 Å². The van der Waals surface area contributed by atoms with Gasteiger partial charge in [0.05, 0.1) is 23.3 Å². The van der Waals surface area contributed by atoms with Gasteiger partial charge in [-0.15, -0.1) is 0 Å². The lowest BCUT2D eigenvalue weighted by Gasteiger charge is -2.26. The molecule has 0 aromatic carbocycles. The highest BCUT2D eigenvalue weighted by Gasteiger charge is 2.26. The minimum Gasteiger partial charge on any atom is -0.359 e. The highest BCUT2D eigenvalue weighted by molar-refractivity contribution is 14.1. The van der Waals surface area contributed by atoms with E-state index in [1.54, 1.807) is 12.3 Å². The van der Waals surface area contributed by atoms with Crippen LogP contribution in [0.3, 0.4) is 0 Å². The van der Waals surface area contributed by atoms with Crippen molar-refractivity contribution in [3.63, 3.8) is 0 Å². The van der Waals surface area contributed by atoms with Crippen LogP contribution in [0.25, 0.3) is 11.4 Å². The zero-order valence-corrected chi connectivity index (χ0v) is 21.5. The summed E-state index contributed by atoms with van der Waals surface area (Å²) < 4.78 is 12.5. The lowest BCUT2D eigenvalue weighted by atomic mass is 10.2. The van der Waals surface area contributed by atoms with Gasteiger partial charge in [0.2, 0.25) is 5.96 Å². The largest absolute Gasteiger partial charge is 0.359 e. The summed E-state index contributed by atoms with van der Waals surface area (Å²) in [5.41, 5.74) is 2.49. The number of H-pyrrole nitrogens is 1. The average molecular weight is 590 g/mol. The van der Waals surface area contributed by atoms with E-state index >= 15 is 0 Å². The smallest absolute Gasteiger partial charge is 0.222 e. The van der Waals surface area contributed by atoms with Crippen molar-refractivity contribution in [2.24, 2.45) is 9.98 Å². The molecule has 1 saturated carbocycles. The monoisotopic (exact) mass is 590 g/mol. The van der Waals surface area contributed by atoms with Crippen molar-refractivity contribution in [2.45, 2.75) is 38.0 Å². The Hall–Kier alpha value is -2.91. The van der Waals surface area contributed by atoms with Crippen LogP contribution in [-0.2, 0) is 11.3 Å². The number of aliphatic imine (C=N–C) groups is 2. The number of aromatic nitrogens is 5. The maximum atomic E-state index is 6.09. The van der Waals surface area contributed by atoms with E-state index in [9.17, 15) is 0 Å². The molecule has 3 aromatic rings. The number of rotatable bonds is 10. The van der Waals surface area contributed by atoms with Gasteiger partial charge in [-0.2, -0.15) is 5.10 Å². The molecule has 0 amide bonds. The number of alkyl halides is 1. The van der Waals surface area contributed by atoms with Gasteiger partial charge in [0.25, 0.3) is 0 Å². The minimum absolute atomic E-state index is 0.260. The van der Waals surface area contributed by atoms with Crippen molar-refractivity contribution in [3.05, 3.63) is 42.2 Å². The fourth-order valence-corrected chi connectivity index (χ4v) is 3.84. The first-order valence-corrected chi connectivity index (χ1v) is 13.0. The van der Waals surface area contributed by atoms with Crippen LogP contribution >= 0.6 is 22.6 Å². The molecule has 1 aliphatic heterocycles. The van der Waals surface area contributed by atoms with Gasteiger partial charge < -0.3 is 19.9 Å². The number of anilines is 1. The van der Waals surface area contributed by atoms with Crippen LogP contribution in [0.2, 0.25) is 0 Å². The predicted molar refractivity (Wildman–Crippen MR) is 139 cm³/mol. The fourth-order valence-electron chi connectivity index (χ4n) is 3.50. The normalized spacial score (nSPS) is 19.1. The van der Waals surface area contributed by atoms with E-state index in [0.717, 1.165) is 28.4 Å². The topological polar surface area (TPSA) is 142 Å². The molecule has 1 fully saturated rings. The summed E-state index contributed by atoms with van der Waals surface area (Å²) in [5.74, 6) is 3.16. The summed E-state index contributed by atoms with van der Waals surface area (Å²) in [6.45, 7) is 1.70. The van der Waals surface area contributed by atoms with Crippen molar-refractivity contribution in [1.82, 2.24) is 35.5 Å². The van der Waals surface area contributed by atoms with Crippen LogP contribution in [-0.4, -0.2) is 73.0 Å². The molecule has 4 heterocycles. The molecule has 0 radical (unpaired) electrons. The third-order valence-corrected chi connectivity index (χ3v) is 6.75. The zero-order valence-electron chi connectivity index (χ0n) is 19.3. The van der Waals surface area contributed by atoms with Crippen molar-refractivity contribution >= 4 is 40.2 Å². The number of amidine groups is 1. The fraction of sp³-hybridized carbons (Fsp3) is 0.455. The molecule has 184 valence electrons. The summed E-state index contributed by atoms with van der Waals surface area (Å²) in [5, 5.41) is 18.2. The van der Waals surface area contributed by atoms with Gasteiger partial charge in [0.1, 0.15) is 30.6 Å². The second-order valence-corrected chi connectivity index (χ2v) is 9.17. The van der Waals surface area contributed by atoms with Crippen LogP contribution in [0.5, 0.6) is 0 Å². The Labute approximate surface area is 216 Å². The Kier molecular flexibility index (Phi) is 7.63. The standard InChI is InChI=1S/C22H27IN10O2/c1-33(12-23)6-7-34-21-10-19(27-20-9-17(30-31-20)14-2-3-14)28-22(29-21)25-11-15-8-18(32-35-15)16-4-5-24-13-26-16/h4-5,8-9,13-14,21H,2-3,6-7,10-12H2,1H3,(H3,25,27,28,29,30,31). The van der Waals surface area contributed by atoms with E-state index in [0.29, 0.717) is 42.1 Å². The first-order chi connectivity index (χ1) is 17.2. The Morgan fingerprint density at radius 2 is 2.23 bits per heavy atom. The maximum absolute atomic E-state index is 6.09. The van der Waals surface area contributed by atoms with Crippen LogP contribution in [0.15, 0.2) is 45.2 Å². The van der Waals surface area contributed by atoms with E-state index in [1.165, 1.54) is 19.2 Å². The number of hydrogen-bond acceptors (Lipinski definition) is 9. The van der Waals surface area contributed by atoms with Crippen LogP contribution in [0, 0.1) is 0 Å². The van der Waals surface area contributed by atoms with Crippen molar-refractivity contribution in [2.75, 3.05) is 30.1 Å². The van der Waals surface area contributed by atoms with E-state index in [2.05, 4.69) is 80.5 Å². The third-order valence-electron chi connectivity index (χ3n) is 5.58. The summed E-state index contributed by atoms with van der Waals surface area (Å²) in [4.78, 5) is 19.6. The summed E-state index contributed by atoms with van der Waals surface area (Å²) in [7, 11) is 2.06. The number of nitrogens with one attached hydrogen (secondary N) is 3. The minimum atomic E-state index is -0.260. The number of hydrogen-bond donors (Lipinski definition) is 3. The molecule has 0 spiro atoms. The molecule has 1 atom stereocenters. The average Bonchev–Trinajstić information content (AvgIpc) is 3.44. The first-order valence-electron chi connectivity index (χ1n) is 11.4. The molecular formula is C22H27IN10O2. The molecule has 35 heavy (non-hydrogen) atoms. The first kappa shape index (κ1) is 23.8. The Bertz CT molecular complexity index is 1170. The summed E-state index contributed by atoms with van der Waals surface area (Å²) in [6, 6.07) is 5.64. The molecule has 1 aliphatic carbocycles. The maximum Gasteiger partial charge on any atom is 0.222 e. The SMILES string of the molecule is CN(CI)CCOC1CC(Nc2cc(C3CC3)[nH]n2)=NC(=NCc2cc(-c3ccncn3)no2)N1. The number of halogens is 1. The number of ether oxygens (including phenoxy) is 1.